The first-order chi connectivity index (χ1) is 13.7. The Hall–Kier alpha value is -2.61. The van der Waals surface area contributed by atoms with Crippen LogP contribution in [0.4, 0.5) is 0 Å². The van der Waals surface area contributed by atoms with Gasteiger partial charge < -0.3 is 4.90 Å². The Labute approximate surface area is 168 Å². The maximum absolute atomic E-state index is 11.9. The number of hydrogen-bond acceptors (Lipinski definition) is 1. The van der Waals surface area contributed by atoms with Gasteiger partial charge in [0.1, 0.15) is 0 Å². The van der Waals surface area contributed by atoms with E-state index in [9.17, 15) is 4.79 Å². The number of hydrogen-bond donors (Lipinski definition) is 0. The van der Waals surface area contributed by atoms with Crippen molar-refractivity contribution in [1.82, 2.24) is 4.90 Å². The largest absolute Gasteiger partial charge is 0.339 e. The number of nitrogens with zero attached hydrogens (tertiary/aromatic N) is 1. The van der Waals surface area contributed by atoms with Gasteiger partial charge in [-0.05, 0) is 47.9 Å². The normalized spacial score (nSPS) is 18.2. The van der Waals surface area contributed by atoms with Crippen molar-refractivity contribution in [2.75, 3.05) is 13.1 Å². The van der Waals surface area contributed by atoms with E-state index in [0.29, 0.717) is 6.54 Å². The third-order valence-electron chi connectivity index (χ3n) is 6.31. The first-order valence-corrected chi connectivity index (χ1v) is 10.5. The van der Waals surface area contributed by atoms with Crippen LogP contribution in [0.15, 0.2) is 72.3 Å². The molecule has 0 fully saturated rings. The Bertz CT molecular complexity index is 889. The van der Waals surface area contributed by atoms with E-state index in [1.54, 1.807) is 6.92 Å². The van der Waals surface area contributed by atoms with Crippen molar-refractivity contribution in [1.29, 1.82) is 0 Å². The van der Waals surface area contributed by atoms with E-state index in [2.05, 4.69) is 73.7 Å². The molecule has 1 heterocycles. The van der Waals surface area contributed by atoms with E-state index in [1.165, 1.54) is 27.8 Å². The van der Waals surface area contributed by atoms with Gasteiger partial charge in [-0.25, -0.2) is 0 Å². The summed E-state index contributed by atoms with van der Waals surface area (Å²) < 4.78 is 0. The molecule has 0 spiro atoms. The van der Waals surface area contributed by atoms with Gasteiger partial charge in [0.15, 0.2) is 0 Å². The highest BCUT2D eigenvalue weighted by molar-refractivity contribution is 5.74. The fourth-order valence-corrected chi connectivity index (χ4v) is 4.90. The fourth-order valence-electron chi connectivity index (χ4n) is 4.90. The molecule has 2 heteroatoms. The van der Waals surface area contributed by atoms with Crippen LogP contribution >= 0.6 is 0 Å². The summed E-state index contributed by atoms with van der Waals surface area (Å²) in [6.07, 6.45) is 11.1. The van der Waals surface area contributed by atoms with Crippen molar-refractivity contribution in [3.05, 3.63) is 94.6 Å². The lowest BCUT2D eigenvalue weighted by Crippen LogP contribution is -2.38. The Kier molecular flexibility index (Phi) is 5.21. The summed E-state index contributed by atoms with van der Waals surface area (Å²) in [5.74, 6) is 0.162. The summed E-state index contributed by atoms with van der Waals surface area (Å²) in [6.45, 7) is 5.37. The molecule has 0 radical (unpaired) electrons. The molecule has 1 aliphatic carbocycles. The van der Waals surface area contributed by atoms with Crippen LogP contribution < -0.4 is 0 Å². The highest BCUT2D eigenvalue weighted by Crippen LogP contribution is 2.47. The van der Waals surface area contributed by atoms with E-state index in [0.717, 1.165) is 32.2 Å². The van der Waals surface area contributed by atoms with Crippen molar-refractivity contribution < 1.29 is 4.79 Å². The van der Waals surface area contributed by atoms with Crippen LogP contribution in [0, 0.1) is 0 Å². The number of fused-ring (bicyclic) bond motifs is 2. The van der Waals surface area contributed by atoms with Gasteiger partial charge in [0.05, 0.1) is 5.41 Å². The number of rotatable bonds is 3. The molecule has 1 amide bonds. The first kappa shape index (κ1) is 18.7. The average Bonchev–Trinajstić information content (AvgIpc) is 2.88. The number of aryl methyl sites for hydroxylation is 2. The van der Waals surface area contributed by atoms with Crippen molar-refractivity contribution >= 4 is 5.91 Å². The molecular weight excluding hydrogens is 342 g/mol. The molecule has 0 saturated heterocycles. The molecule has 28 heavy (non-hydrogen) atoms. The second-order valence-corrected chi connectivity index (χ2v) is 7.88. The van der Waals surface area contributed by atoms with Crippen molar-refractivity contribution in [3.8, 4) is 0 Å². The van der Waals surface area contributed by atoms with Crippen LogP contribution in [0.25, 0.3) is 0 Å². The number of allylic oxidation sites excluding steroid dienone is 2. The van der Waals surface area contributed by atoms with Crippen LogP contribution in [0.3, 0.4) is 0 Å². The van der Waals surface area contributed by atoms with Gasteiger partial charge in [-0.2, -0.15) is 0 Å². The minimum Gasteiger partial charge on any atom is -0.339 e. The van der Waals surface area contributed by atoms with Crippen LogP contribution in [0.2, 0.25) is 0 Å². The molecule has 0 saturated carbocycles. The monoisotopic (exact) mass is 371 g/mol. The number of carbonyl (C=O) groups is 1. The SMILES string of the molecule is CCC=CC1(C2=CCN(C(C)=O)CC2)c2ccccc2CCc2ccccc21. The number of carbonyl (C=O) groups excluding carboxylic acids is 1. The minimum atomic E-state index is -0.234. The molecule has 1 aliphatic heterocycles. The Morgan fingerprint density at radius 3 is 2.11 bits per heavy atom. The maximum Gasteiger partial charge on any atom is 0.219 e. The Morgan fingerprint density at radius 1 is 1.00 bits per heavy atom. The topological polar surface area (TPSA) is 20.3 Å². The molecule has 2 aromatic carbocycles. The van der Waals surface area contributed by atoms with Gasteiger partial charge in [0, 0.05) is 20.0 Å². The zero-order chi connectivity index (χ0) is 19.6. The van der Waals surface area contributed by atoms with Gasteiger partial charge in [-0.1, -0.05) is 79.3 Å². The van der Waals surface area contributed by atoms with Gasteiger partial charge in [-0.15, -0.1) is 0 Å². The molecule has 0 unspecified atom stereocenters. The fraction of sp³-hybridized carbons (Fsp3) is 0.346. The van der Waals surface area contributed by atoms with Crippen LogP contribution in [0.5, 0.6) is 0 Å². The molecule has 0 aromatic heterocycles. The first-order valence-electron chi connectivity index (χ1n) is 10.5. The molecule has 4 rings (SSSR count). The third kappa shape index (κ3) is 3.11. The second-order valence-electron chi connectivity index (χ2n) is 7.88. The minimum absolute atomic E-state index is 0.162. The zero-order valence-electron chi connectivity index (χ0n) is 16.9. The molecule has 2 aliphatic rings. The van der Waals surface area contributed by atoms with Gasteiger partial charge in [-0.3, -0.25) is 4.79 Å². The lowest BCUT2D eigenvalue weighted by Gasteiger charge is -2.40. The molecule has 144 valence electrons. The van der Waals surface area contributed by atoms with Gasteiger partial charge in [0.2, 0.25) is 5.91 Å². The summed E-state index contributed by atoms with van der Waals surface area (Å²) in [5.41, 5.74) is 6.89. The molecule has 2 nitrogen and oxygen atoms in total. The molecule has 0 bridgehead atoms. The number of amides is 1. The summed E-state index contributed by atoms with van der Waals surface area (Å²) in [6, 6.07) is 17.9. The molecule has 2 aromatic rings. The molecule has 0 N–H and O–H groups in total. The summed E-state index contributed by atoms with van der Waals surface area (Å²) >= 11 is 0. The summed E-state index contributed by atoms with van der Waals surface area (Å²) in [4.78, 5) is 13.8. The average molecular weight is 372 g/mol. The quantitative estimate of drug-likeness (QED) is 0.678. The second kappa shape index (κ2) is 7.79. The molecular formula is C26H29NO. The van der Waals surface area contributed by atoms with E-state index in [-0.39, 0.29) is 11.3 Å². The van der Waals surface area contributed by atoms with Gasteiger partial charge in [0.25, 0.3) is 0 Å². The van der Waals surface area contributed by atoms with E-state index < -0.39 is 0 Å². The van der Waals surface area contributed by atoms with E-state index >= 15 is 0 Å². The third-order valence-corrected chi connectivity index (χ3v) is 6.31. The van der Waals surface area contributed by atoms with Crippen LogP contribution in [0.1, 0.15) is 48.9 Å². The maximum atomic E-state index is 11.9. The van der Waals surface area contributed by atoms with Crippen molar-refractivity contribution in [2.24, 2.45) is 0 Å². The Morgan fingerprint density at radius 2 is 1.61 bits per heavy atom. The van der Waals surface area contributed by atoms with Crippen LogP contribution in [-0.4, -0.2) is 23.9 Å². The smallest absolute Gasteiger partial charge is 0.219 e. The Balaban J connectivity index is 1.98. The van der Waals surface area contributed by atoms with Crippen LogP contribution in [-0.2, 0) is 23.1 Å². The predicted octanol–water partition coefficient (Wildman–Crippen LogP) is 5.22. The lowest BCUT2D eigenvalue weighted by atomic mass is 9.65. The van der Waals surface area contributed by atoms with Crippen molar-refractivity contribution in [3.63, 3.8) is 0 Å². The lowest BCUT2D eigenvalue weighted by molar-refractivity contribution is -0.128. The highest BCUT2D eigenvalue weighted by atomic mass is 16.2. The summed E-state index contributed by atoms with van der Waals surface area (Å²) in [5, 5.41) is 0. The highest BCUT2D eigenvalue weighted by Gasteiger charge is 2.40. The van der Waals surface area contributed by atoms with Crippen molar-refractivity contribution in [2.45, 2.75) is 44.9 Å². The zero-order valence-corrected chi connectivity index (χ0v) is 16.9. The molecule has 0 atom stereocenters. The summed E-state index contributed by atoms with van der Waals surface area (Å²) in [7, 11) is 0. The number of benzene rings is 2. The predicted molar refractivity (Wildman–Crippen MR) is 115 cm³/mol. The van der Waals surface area contributed by atoms with E-state index in [1.807, 2.05) is 4.90 Å². The van der Waals surface area contributed by atoms with Gasteiger partial charge >= 0.3 is 0 Å². The standard InChI is InChI=1S/C26H29NO/c1-3-4-17-26(23-15-18-27(19-16-23)20(2)28)24-11-7-5-9-21(24)13-14-22-10-6-8-12-25(22)26/h4-12,15,17H,3,13-14,16,18-19H2,1-2H3. The van der Waals surface area contributed by atoms with E-state index in [4.69, 9.17) is 0 Å².